The van der Waals surface area contributed by atoms with Gasteiger partial charge in [-0.25, -0.2) is 8.42 Å². The fraction of sp³-hybridized carbons (Fsp3) is 0.714. The van der Waals surface area contributed by atoms with E-state index in [1.807, 2.05) is 0 Å². The van der Waals surface area contributed by atoms with E-state index in [2.05, 4.69) is 0 Å². The summed E-state index contributed by atoms with van der Waals surface area (Å²) in [5, 5.41) is 8.70. The normalized spacial score (nSPS) is 29.2. The number of rotatable bonds is 1. The van der Waals surface area contributed by atoms with Gasteiger partial charge in [-0.15, -0.1) is 0 Å². The summed E-state index contributed by atoms with van der Waals surface area (Å²) < 4.78 is 22.4. The molecule has 64 valence electrons. The first kappa shape index (κ1) is 8.74. The van der Waals surface area contributed by atoms with Gasteiger partial charge >= 0.3 is 0 Å². The van der Waals surface area contributed by atoms with Gasteiger partial charge in [0.2, 0.25) is 0 Å². The topological polar surface area (TPSA) is 54.4 Å². The van der Waals surface area contributed by atoms with E-state index in [1.165, 1.54) is 13.8 Å². The van der Waals surface area contributed by atoms with Gasteiger partial charge in [0.25, 0.3) is 0 Å². The van der Waals surface area contributed by atoms with Crippen molar-refractivity contribution in [3.63, 3.8) is 0 Å². The first-order valence-electron chi connectivity index (χ1n) is 3.44. The average molecular weight is 176 g/mol. The first-order valence-corrected chi connectivity index (χ1v) is 5.16. The molecule has 11 heavy (non-hydrogen) atoms. The van der Waals surface area contributed by atoms with Gasteiger partial charge in [0, 0.05) is 0 Å². The van der Waals surface area contributed by atoms with Crippen molar-refractivity contribution in [3.8, 4) is 0 Å². The average Bonchev–Trinajstić information content (AvgIpc) is 2.06. The number of sulfone groups is 1. The molecule has 0 saturated heterocycles. The fourth-order valence-electron chi connectivity index (χ4n) is 1.21. The van der Waals surface area contributed by atoms with Crippen molar-refractivity contribution in [3.05, 3.63) is 12.2 Å². The summed E-state index contributed by atoms with van der Waals surface area (Å²) in [5.74, 6) is 0.0572. The summed E-state index contributed by atoms with van der Waals surface area (Å²) in [6.07, 6.45) is 3.13. The standard InChI is InChI=1S/C7H12O3S/c1-7(2,8)6-4-3-5-11(6,9)10/h3-4,6,8H,5H2,1-2H3. The molecule has 0 aliphatic carbocycles. The van der Waals surface area contributed by atoms with Crippen LogP contribution in [0.4, 0.5) is 0 Å². The van der Waals surface area contributed by atoms with Crippen LogP contribution in [-0.4, -0.2) is 30.1 Å². The van der Waals surface area contributed by atoms with E-state index in [4.69, 9.17) is 0 Å². The molecule has 1 aliphatic rings. The minimum atomic E-state index is -3.11. The maximum atomic E-state index is 11.2. The summed E-state index contributed by atoms with van der Waals surface area (Å²) in [6, 6.07) is 0. The summed E-state index contributed by atoms with van der Waals surface area (Å²) >= 11 is 0. The van der Waals surface area contributed by atoms with Gasteiger partial charge in [0.1, 0.15) is 5.25 Å². The van der Waals surface area contributed by atoms with E-state index in [0.717, 1.165) is 0 Å². The smallest absolute Gasteiger partial charge is 0.163 e. The van der Waals surface area contributed by atoms with Crippen LogP contribution in [0.1, 0.15) is 13.8 Å². The molecule has 0 aromatic carbocycles. The molecule has 1 atom stereocenters. The summed E-state index contributed by atoms with van der Waals surface area (Å²) in [7, 11) is -3.11. The van der Waals surface area contributed by atoms with Crippen molar-refractivity contribution in [1.82, 2.24) is 0 Å². The summed E-state index contributed by atoms with van der Waals surface area (Å²) in [5.41, 5.74) is -1.16. The lowest BCUT2D eigenvalue weighted by Crippen LogP contribution is -2.39. The third-order valence-corrected chi connectivity index (χ3v) is 3.89. The quantitative estimate of drug-likeness (QED) is 0.577. The molecule has 0 bridgehead atoms. The zero-order chi connectivity index (χ0) is 8.70. The highest BCUT2D eigenvalue weighted by Gasteiger charge is 2.38. The fourth-order valence-corrected chi connectivity index (χ4v) is 3.03. The molecule has 0 fully saturated rings. The van der Waals surface area contributed by atoms with Crippen molar-refractivity contribution in [2.24, 2.45) is 0 Å². The van der Waals surface area contributed by atoms with Gasteiger partial charge in [-0.05, 0) is 13.8 Å². The van der Waals surface area contributed by atoms with Crippen LogP contribution in [0, 0.1) is 0 Å². The molecule has 1 rings (SSSR count). The predicted molar refractivity (Wildman–Crippen MR) is 43.0 cm³/mol. The lowest BCUT2D eigenvalue weighted by atomic mass is 10.1. The Morgan fingerprint density at radius 2 is 2.09 bits per heavy atom. The zero-order valence-electron chi connectivity index (χ0n) is 6.61. The van der Waals surface area contributed by atoms with E-state index >= 15 is 0 Å². The Morgan fingerprint density at radius 3 is 2.27 bits per heavy atom. The molecular formula is C7H12O3S. The van der Waals surface area contributed by atoms with Gasteiger partial charge in [0.05, 0.1) is 11.4 Å². The molecule has 1 N–H and O–H groups in total. The first-order chi connectivity index (χ1) is 4.84. The molecule has 0 radical (unpaired) electrons. The SMILES string of the molecule is CC(C)(O)C1C=CCS1(=O)=O. The van der Waals surface area contributed by atoms with Gasteiger partial charge in [0.15, 0.2) is 9.84 Å². The van der Waals surface area contributed by atoms with Crippen molar-refractivity contribution in [2.45, 2.75) is 24.7 Å². The van der Waals surface area contributed by atoms with Crippen LogP contribution in [0.25, 0.3) is 0 Å². The Balaban J connectivity index is 2.99. The van der Waals surface area contributed by atoms with E-state index in [-0.39, 0.29) is 5.75 Å². The molecule has 0 aromatic rings. The molecule has 0 amide bonds. The van der Waals surface area contributed by atoms with Crippen molar-refractivity contribution in [1.29, 1.82) is 0 Å². The minimum Gasteiger partial charge on any atom is -0.389 e. The molecule has 1 aliphatic heterocycles. The molecule has 0 aromatic heterocycles. The van der Waals surface area contributed by atoms with E-state index in [1.54, 1.807) is 12.2 Å². The third kappa shape index (κ3) is 1.62. The molecule has 0 saturated carbocycles. The van der Waals surface area contributed by atoms with Crippen molar-refractivity contribution >= 4 is 9.84 Å². The van der Waals surface area contributed by atoms with E-state index in [9.17, 15) is 13.5 Å². The van der Waals surface area contributed by atoms with Gasteiger partial charge in [-0.3, -0.25) is 0 Å². The molecule has 0 spiro atoms. The monoisotopic (exact) mass is 176 g/mol. The Morgan fingerprint density at radius 1 is 1.55 bits per heavy atom. The Kier molecular flexibility index (Phi) is 1.84. The van der Waals surface area contributed by atoms with Crippen molar-refractivity contribution in [2.75, 3.05) is 5.75 Å². The van der Waals surface area contributed by atoms with Crippen molar-refractivity contribution < 1.29 is 13.5 Å². The molecule has 1 unspecified atom stereocenters. The van der Waals surface area contributed by atoms with Crippen LogP contribution in [0.15, 0.2) is 12.2 Å². The second-order valence-corrected chi connectivity index (χ2v) is 5.50. The summed E-state index contributed by atoms with van der Waals surface area (Å²) in [6.45, 7) is 3.01. The highest BCUT2D eigenvalue weighted by atomic mass is 32.2. The number of hydrogen-bond donors (Lipinski definition) is 1. The minimum absolute atomic E-state index is 0.0572. The van der Waals surface area contributed by atoms with Crippen LogP contribution in [0.2, 0.25) is 0 Å². The Bertz CT molecular complexity index is 269. The lowest BCUT2D eigenvalue weighted by Gasteiger charge is -2.22. The maximum Gasteiger partial charge on any atom is 0.163 e. The second-order valence-electron chi connectivity index (χ2n) is 3.33. The second kappa shape index (κ2) is 2.32. The van der Waals surface area contributed by atoms with Crippen LogP contribution in [0.5, 0.6) is 0 Å². The van der Waals surface area contributed by atoms with Crippen LogP contribution in [-0.2, 0) is 9.84 Å². The van der Waals surface area contributed by atoms with Crippen LogP contribution < -0.4 is 0 Å². The zero-order valence-corrected chi connectivity index (χ0v) is 7.43. The number of hydrogen-bond acceptors (Lipinski definition) is 3. The predicted octanol–water partition coefficient (Wildman–Crippen LogP) is 0.111. The van der Waals surface area contributed by atoms with Gasteiger partial charge in [-0.2, -0.15) is 0 Å². The summed E-state index contributed by atoms with van der Waals surface area (Å²) in [4.78, 5) is 0. The molecule has 4 heteroatoms. The lowest BCUT2D eigenvalue weighted by molar-refractivity contribution is 0.0874. The molecule has 3 nitrogen and oxygen atoms in total. The Hall–Kier alpha value is -0.350. The Labute approximate surface area is 66.7 Å². The van der Waals surface area contributed by atoms with E-state index < -0.39 is 20.7 Å². The highest BCUT2D eigenvalue weighted by molar-refractivity contribution is 7.92. The highest BCUT2D eigenvalue weighted by Crippen LogP contribution is 2.23. The van der Waals surface area contributed by atoms with Crippen LogP contribution >= 0.6 is 0 Å². The maximum absolute atomic E-state index is 11.2. The largest absolute Gasteiger partial charge is 0.389 e. The van der Waals surface area contributed by atoms with Crippen LogP contribution in [0.3, 0.4) is 0 Å². The molecule has 1 heterocycles. The third-order valence-electron chi connectivity index (χ3n) is 1.72. The number of aliphatic hydroxyl groups is 1. The van der Waals surface area contributed by atoms with Gasteiger partial charge in [-0.1, -0.05) is 12.2 Å². The molecular weight excluding hydrogens is 164 g/mol. The van der Waals surface area contributed by atoms with Gasteiger partial charge < -0.3 is 5.11 Å². The van der Waals surface area contributed by atoms with E-state index in [0.29, 0.717) is 0 Å².